The van der Waals surface area contributed by atoms with Gasteiger partial charge in [-0.05, 0) is 39.2 Å². The number of nitrogens with one attached hydrogen (secondary N) is 1. The van der Waals surface area contributed by atoms with Crippen molar-refractivity contribution in [1.29, 1.82) is 0 Å². The first-order valence-corrected chi connectivity index (χ1v) is 7.97. The molecule has 2 heterocycles. The van der Waals surface area contributed by atoms with Crippen molar-refractivity contribution in [1.82, 2.24) is 14.9 Å². The molecule has 1 aromatic rings. The van der Waals surface area contributed by atoms with Gasteiger partial charge in [0.05, 0.1) is 5.69 Å². The Hall–Kier alpha value is -1.03. The molecule has 0 saturated carbocycles. The predicted molar refractivity (Wildman–Crippen MR) is 85.4 cm³/mol. The summed E-state index contributed by atoms with van der Waals surface area (Å²) < 4.78 is 2.35. The van der Waals surface area contributed by atoms with Crippen LogP contribution >= 0.6 is 0 Å². The van der Waals surface area contributed by atoms with Gasteiger partial charge >= 0.3 is 0 Å². The Morgan fingerprint density at radius 2 is 2.00 bits per heavy atom. The van der Waals surface area contributed by atoms with E-state index in [9.17, 15) is 0 Å². The average molecular weight is 278 g/mol. The molecule has 4 heteroatoms. The summed E-state index contributed by atoms with van der Waals surface area (Å²) in [5.41, 5.74) is 1.50. The van der Waals surface area contributed by atoms with Crippen LogP contribution in [0.15, 0.2) is 6.20 Å². The van der Waals surface area contributed by atoms with E-state index in [1.165, 1.54) is 24.5 Å². The van der Waals surface area contributed by atoms with E-state index >= 15 is 0 Å². The second-order valence-electron chi connectivity index (χ2n) is 6.73. The van der Waals surface area contributed by atoms with Crippen molar-refractivity contribution >= 4 is 5.95 Å². The zero-order valence-corrected chi connectivity index (χ0v) is 13.7. The van der Waals surface area contributed by atoms with E-state index in [-0.39, 0.29) is 0 Å². The van der Waals surface area contributed by atoms with Gasteiger partial charge in [0, 0.05) is 31.4 Å². The van der Waals surface area contributed by atoms with Gasteiger partial charge in [0.1, 0.15) is 0 Å². The van der Waals surface area contributed by atoms with Gasteiger partial charge in [0.15, 0.2) is 0 Å². The van der Waals surface area contributed by atoms with Gasteiger partial charge in [-0.2, -0.15) is 0 Å². The molecule has 4 nitrogen and oxygen atoms in total. The lowest BCUT2D eigenvalue weighted by Crippen LogP contribution is -2.50. The van der Waals surface area contributed by atoms with Crippen molar-refractivity contribution in [3.63, 3.8) is 0 Å². The van der Waals surface area contributed by atoms with Gasteiger partial charge in [0.25, 0.3) is 0 Å². The van der Waals surface area contributed by atoms with Crippen LogP contribution < -0.4 is 10.2 Å². The van der Waals surface area contributed by atoms with Crippen LogP contribution in [-0.4, -0.2) is 35.2 Å². The standard InChI is InChI=1S/C16H30N4/c1-6-14-12-20(11-13(2)3)15(18-14)19-9-7-16(4,17-5)8-10-19/h12-13,17H,6-11H2,1-5H3. The lowest BCUT2D eigenvalue weighted by atomic mass is 9.90. The van der Waals surface area contributed by atoms with Crippen LogP contribution in [0.5, 0.6) is 0 Å². The van der Waals surface area contributed by atoms with Crippen molar-refractivity contribution in [2.24, 2.45) is 5.92 Å². The fourth-order valence-electron chi connectivity index (χ4n) is 2.86. The summed E-state index contributed by atoms with van der Waals surface area (Å²) in [4.78, 5) is 7.31. The monoisotopic (exact) mass is 278 g/mol. The topological polar surface area (TPSA) is 33.1 Å². The first-order chi connectivity index (χ1) is 9.47. The summed E-state index contributed by atoms with van der Waals surface area (Å²) >= 11 is 0. The molecule has 1 N–H and O–H groups in total. The fraction of sp³-hybridized carbons (Fsp3) is 0.812. The van der Waals surface area contributed by atoms with Gasteiger partial charge < -0.3 is 14.8 Å². The molecule has 2 rings (SSSR count). The van der Waals surface area contributed by atoms with Gasteiger partial charge in [-0.1, -0.05) is 20.8 Å². The number of imidazole rings is 1. The van der Waals surface area contributed by atoms with Gasteiger partial charge in [0.2, 0.25) is 5.95 Å². The van der Waals surface area contributed by atoms with Crippen LogP contribution in [0, 0.1) is 5.92 Å². The highest BCUT2D eigenvalue weighted by molar-refractivity contribution is 5.35. The summed E-state index contributed by atoms with van der Waals surface area (Å²) in [5, 5.41) is 3.46. The van der Waals surface area contributed by atoms with E-state index in [2.05, 4.69) is 55.7 Å². The lowest BCUT2D eigenvalue weighted by Gasteiger charge is -2.39. The lowest BCUT2D eigenvalue weighted by molar-refractivity contribution is 0.302. The highest BCUT2D eigenvalue weighted by Gasteiger charge is 2.30. The third-order valence-corrected chi connectivity index (χ3v) is 4.48. The second kappa shape index (κ2) is 6.17. The molecule has 1 saturated heterocycles. The molecular formula is C16H30N4. The molecule has 1 aliphatic rings. The number of anilines is 1. The minimum absolute atomic E-state index is 0.291. The first-order valence-electron chi connectivity index (χ1n) is 7.97. The van der Waals surface area contributed by atoms with Crippen molar-refractivity contribution in [2.45, 2.75) is 59.0 Å². The normalized spacial score (nSPS) is 18.8. The summed E-state index contributed by atoms with van der Waals surface area (Å²) in [5.74, 6) is 1.83. The molecule has 0 unspecified atom stereocenters. The zero-order valence-electron chi connectivity index (χ0n) is 13.7. The van der Waals surface area contributed by atoms with Gasteiger partial charge in [-0.3, -0.25) is 0 Å². The molecule has 20 heavy (non-hydrogen) atoms. The molecule has 0 atom stereocenters. The molecule has 1 aliphatic heterocycles. The molecule has 1 fully saturated rings. The number of hydrogen-bond donors (Lipinski definition) is 1. The number of rotatable bonds is 5. The number of aryl methyl sites for hydroxylation is 1. The van der Waals surface area contributed by atoms with Crippen LogP contribution in [0.2, 0.25) is 0 Å². The summed E-state index contributed by atoms with van der Waals surface area (Å²) in [6, 6.07) is 0. The van der Waals surface area contributed by atoms with E-state index in [1.54, 1.807) is 0 Å². The molecule has 0 radical (unpaired) electrons. The summed E-state index contributed by atoms with van der Waals surface area (Å²) in [6.07, 6.45) is 5.61. The fourth-order valence-corrected chi connectivity index (χ4v) is 2.86. The summed E-state index contributed by atoms with van der Waals surface area (Å²) in [7, 11) is 2.07. The Labute approximate surface area is 123 Å². The Bertz CT molecular complexity index is 428. The van der Waals surface area contributed by atoms with Crippen LogP contribution in [0.25, 0.3) is 0 Å². The van der Waals surface area contributed by atoms with Gasteiger partial charge in [-0.25, -0.2) is 4.98 Å². The van der Waals surface area contributed by atoms with Crippen LogP contribution in [-0.2, 0) is 13.0 Å². The molecule has 0 amide bonds. The highest BCUT2D eigenvalue weighted by Crippen LogP contribution is 2.26. The van der Waals surface area contributed by atoms with Crippen LogP contribution in [0.1, 0.15) is 46.2 Å². The maximum atomic E-state index is 4.85. The van der Waals surface area contributed by atoms with Gasteiger partial charge in [-0.15, -0.1) is 0 Å². The molecule has 114 valence electrons. The van der Waals surface area contributed by atoms with E-state index < -0.39 is 0 Å². The van der Waals surface area contributed by atoms with Crippen molar-refractivity contribution in [3.05, 3.63) is 11.9 Å². The maximum Gasteiger partial charge on any atom is 0.205 e. The quantitative estimate of drug-likeness (QED) is 0.899. The molecule has 1 aromatic heterocycles. The maximum absolute atomic E-state index is 4.85. The smallest absolute Gasteiger partial charge is 0.205 e. The summed E-state index contributed by atoms with van der Waals surface area (Å²) in [6.45, 7) is 12.3. The van der Waals surface area contributed by atoms with E-state index in [0.717, 1.165) is 26.1 Å². The zero-order chi connectivity index (χ0) is 14.8. The Kier molecular flexibility index (Phi) is 4.74. The van der Waals surface area contributed by atoms with Crippen LogP contribution in [0.4, 0.5) is 5.95 Å². The Morgan fingerprint density at radius 3 is 2.50 bits per heavy atom. The minimum Gasteiger partial charge on any atom is -0.342 e. The number of piperidine rings is 1. The molecular weight excluding hydrogens is 248 g/mol. The van der Waals surface area contributed by atoms with Crippen molar-refractivity contribution in [2.75, 3.05) is 25.0 Å². The third-order valence-electron chi connectivity index (χ3n) is 4.48. The Morgan fingerprint density at radius 1 is 1.35 bits per heavy atom. The first kappa shape index (κ1) is 15.4. The molecule has 0 aliphatic carbocycles. The van der Waals surface area contributed by atoms with Crippen molar-refractivity contribution in [3.8, 4) is 0 Å². The second-order valence-corrected chi connectivity index (χ2v) is 6.73. The van der Waals surface area contributed by atoms with E-state index in [4.69, 9.17) is 4.98 Å². The largest absolute Gasteiger partial charge is 0.342 e. The highest BCUT2D eigenvalue weighted by atomic mass is 15.3. The predicted octanol–water partition coefficient (Wildman–Crippen LogP) is 2.68. The number of aromatic nitrogens is 2. The van der Waals surface area contributed by atoms with Crippen molar-refractivity contribution < 1.29 is 0 Å². The third kappa shape index (κ3) is 3.35. The Balaban J connectivity index is 2.14. The minimum atomic E-state index is 0.291. The molecule has 0 bridgehead atoms. The molecule has 0 spiro atoms. The SMILES string of the molecule is CCc1cn(CC(C)C)c(N2CCC(C)(NC)CC2)n1. The van der Waals surface area contributed by atoms with Crippen LogP contribution in [0.3, 0.4) is 0 Å². The average Bonchev–Trinajstić information content (AvgIpc) is 2.82. The number of nitrogens with zero attached hydrogens (tertiary/aromatic N) is 3. The number of hydrogen-bond acceptors (Lipinski definition) is 3. The van der Waals surface area contributed by atoms with E-state index in [1.807, 2.05) is 0 Å². The molecule has 0 aromatic carbocycles. The van der Waals surface area contributed by atoms with E-state index in [0.29, 0.717) is 11.5 Å².